The molecule has 0 bridgehead atoms. The normalized spacial score (nSPS) is 23.9. The molecule has 9 heteroatoms. The molecule has 2 saturated heterocycles. The van der Waals surface area contributed by atoms with Gasteiger partial charge in [0.1, 0.15) is 10.9 Å². The van der Waals surface area contributed by atoms with Crippen molar-refractivity contribution in [3.63, 3.8) is 0 Å². The summed E-state index contributed by atoms with van der Waals surface area (Å²) in [6.45, 7) is 3.20. The Hall–Kier alpha value is -1.64. The van der Waals surface area contributed by atoms with E-state index < -0.39 is 10.0 Å². The Labute approximate surface area is 172 Å². The summed E-state index contributed by atoms with van der Waals surface area (Å²) in [4.78, 5) is 17.3. The number of hydrogen-bond donors (Lipinski definition) is 1. The van der Waals surface area contributed by atoms with Crippen molar-refractivity contribution in [1.29, 1.82) is 0 Å². The Bertz CT molecular complexity index is 866. The zero-order chi connectivity index (χ0) is 19.0. The van der Waals surface area contributed by atoms with E-state index in [-0.39, 0.29) is 29.3 Å². The minimum atomic E-state index is -3.67. The number of benzene rings is 1. The quantitative estimate of drug-likeness (QED) is 0.791. The summed E-state index contributed by atoms with van der Waals surface area (Å²) in [5.41, 5.74) is 0.616. The number of nitrogens with one attached hydrogen (secondary N) is 1. The van der Waals surface area contributed by atoms with Gasteiger partial charge in [-0.2, -0.15) is 8.42 Å². The maximum atomic E-state index is 13.2. The fourth-order valence-corrected chi connectivity index (χ4v) is 5.65. The first kappa shape index (κ1) is 21.1. The Kier molecular flexibility index (Phi) is 6.31. The number of hydrogen-bond acceptors (Lipinski definition) is 5. The van der Waals surface area contributed by atoms with E-state index >= 15 is 0 Å². The Morgan fingerprint density at radius 3 is 2.61 bits per heavy atom. The van der Waals surface area contributed by atoms with E-state index in [0.29, 0.717) is 23.9 Å². The third-order valence-electron chi connectivity index (χ3n) is 5.84. The highest BCUT2D eigenvalue weighted by atomic mass is 35.5. The molecule has 0 aromatic heterocycles. The van der Waals surface area contributed by atoms with Crippen molar-refractivity contribution in [1.82, 2.24) is 15.1 Å². The van der Waals surface area contributed by atoms with Gasteiger partial charge in [-0.1, -0.05) is 12.1 Å². The van der Waals surface area contributed by atoms with Gasteiger partial charge in [-0.05, 0) is 57.3 Å². The first-order chi connectivity index (χ1) is 13.0. The molecular weight excluding hydrogens is 400 g/mol. The van der Waals surface area contributed by atoms with Crippen LogP contribution in [0.3, 0.4) is 0 Å². The topological polar surface area (TPSA) is 82.1 Å². The average Bonchev–Trinajstić information content (AvgIpc) is 3.25. The second-order valence-corrected chi connectivity index (χ2v) is 9.14. The predicted molar refractivity (Wildman–Crippen MR) is 110 cm³/mol. The molecule has 0 aliphatic carbocycles. The molecule has 3 heterocycles. The smallest absolute Gasteiger partial charge is 0.285 e. The highest BCUT2D eigenvalue weighted by molar-refractivity contribution is 7.90. The molecule has 1 aromatic rings. The molecule has 3 aliphatic heterocycles. The molecule has 154 valence electrons. The van der Waals surface area contributed by atoms with Crippen molar-refractivity contribution >= 4 is 34.2 Å². The minimum absolute atomic E-state index is 0. The second-order valence-electron chi connectivity index (χ2n) is 7.56. The van der Waals surface area contributed by atoms with Gasteiger partial charge in [0.2, 0.25) is 5.91 Å². The number of fused-ring (bicyclic) bond motifs is 1. The molecule has 1 unspecified atom stereocenters. The molecule has 1 N–H and O–H groups in total. The summed E-state index contributed by atoms with van der Waals surface area (Å²) in [5, 5.41) is 3.21. The van der Waals surface area contributed by atoms with Crippen LogP contribution < -0.4 is 5.32 Å². The number of amides is 1. The second kappa shape index (κ2) is 8.39. The number of amidine groups is 1. The Morgan fingerprint density at radius 2 is 1.89 bits per heavy atom. The molecule has 3 aliphatic rings. The molecule has 0 spiro atoms. The van der Waals surface area contributed by atoms with E-state index in [9.17, 15) is 13.2 Å². The summed E-state index contributed by atoms with van der Waals surface area (Å²) in [6, 6.07) is 6.57. The fraction of sp³-hybridized carbons (Fsp3) is 0.579. The number of piperidine rings is 1. The molecule has 1 aromatic carbocycles. The van der Waals surface area contributed by atoms with Gasteiger partial charge in [-0.15, -0.1) is 16.8 Å². The van der Waals surface area contributed by atoms with Gasteiger partial charge >= 0.3 is 0 Å². The van der Waals surface area contributed by atoms with E-state index in [1.807, 2.05) is 22.9 Å². The maximum absolute atomic E-state index is 13.2. The first-order valence-electron chi connectivity index (χ1n) is 9.65. The number of carbonyl (C=O) groups excluding carboxylic acids is 1. The average molecular weight is 427 g/mol. The number of halogens is 1. The molecular formula is C19H27ClN4O3S. The Morgan fingerprint density at radius 1 is 1.18 bits per heavy atom. The standard InChI is InChI=1S/C19H26N4O3S.ClH/c1-20-13-14-8-11-22(12-9-14)19(24)16-6-4-10-23(16)18-15-5-2-3-7-17(15)27(25,26)21-18;/h2-3,5,7,14,16,20H,4,6,8-13H2,1H3;1H. The lowest BCUT2D eigenvalue weighted by Crippen LogP contribution is -2.50. The monoisotopic (exact) mass is 426 g/mol. The van der Waals surface area contributed by atoms with Crippen LogP contribution in [0.25, 0.3) is 0 Å². The summed E-state index contributed by atoms with van der Waals surface area (Å²) < 4.78 is 28.8. The van der Waals surface area contributed by atoms with Crippen LogP contribution in [0.4, 0.5) is 0 Å². The highest BCUT2D eigenvalue weighted by Gasteiger charge is 2.41. The molecule has 4 rings (SSSR count). The Balaban J connectivity index is 0.00000225. The summed E-state index contributed by atoms with van der Waals surface area (Å²) in [6.07, 6.45) is 3.64. The van der Waals surface area contributed by atoms with E-state index in [1.165, 1.54) is 0 Å². The number of likely N-dealkylation sites (tertiary alicyclic amines) is 2. The lowest BCUT2D eigenvalue weighted by atomic mass is 9.96. The molecule has 0 saturated carbocycles. The SMILES string of the molecule is CNCC1CCN(C(=O)C2CCCN2C2=NS(=O)(=O)c3ccccc32)CC1.Cl. The van der Waals surface area contributed by atoms with E-state index in [2.05, 4.69) is 9.71 Å². The van der Waals surface area contributed by atoms with Gasteiger partial charge in [0, 0.05) is 25.2 Å². The van der Waals surface area contributed by atoms with Crippen LogP contribution in [0.1, 0.15) is 31.2 Å². The van der Waals surface area contributed by atoms with Crippen molar-refractivity contribution in [3.8, 4) is 0 Å². The zero-order valence-electron chi connectivity index (χ0n) is 16.0. The van der Waals surface area contributed by atoms with E-state index in [0.717, 1.165) is 45.3 Å². The van der Waals surface area contributed by atoms with Crippen LogP contribution in [0.2, 0.25) is 0 Å². The summed E-state index contributed by atoms with van der Waals surface area (Å²) in [7, 11) is -1.70. The molecule has 1 atom stereocenters. The molecule has 7 nitrogen and oxygen atoms in total. The number of nitrogens with zero attached hydrogens (tertiary/aromatic N) is 3. The van der Waals surface area contributed by atoms with Crippen molar-refractivity contribution in [2.45, 2.75) is 36.6 Å². The lowest BCUT2D eigenvalue weighted by molar-refractivity contribution is -0.136. The van der Waals surface area contributed by atoms with Crippen LogP contribution in [0.15, 0.2) is 33.6 Å². The molecule has 28 heavy (non-hydrogen) atoms. The zero-order valence-corrected chi connectivity index (χ0v) is 17.6. The van der Waals surface area contributed by atoms with Crippen molar-refractivity contribution in [2.75, 3.05) is 33.2 Å². The van der Waals surface area contributed by atoms with Gasteiger partial charge in [-0.3, -0.25) is 4.79 Å². The van der Waals surface area contributed by atoms with Gasteiger partial charge in [0.15, 0.2) is 5.84 Å². The van der Waals surface area contributed by atoms with Crippen LogP contribution >= 0.6 is 12.4 Å². The van der Waals surface area contributed by atoms with E-state index in [1.54, 1.807) is 18.2 Å². The largest absolute Gasteiger partial charge is 0.343 e. The van der Waals surface area contributed by atoms with Crippen molar-refractivity contribution < 1.29 is 13.2 Å². The van der Waals surface area contributed by atoms with E-state index in [4.69, 9.17) is 0 Å². The van der Waals surface area contributed by atoms with Crippen LogP contribution in [-0.2, 0) is 14.8 Å². The lowest BCUT2D eigenvalue weighted by Gasteiger charge is -2.36. The van der Waals surface area contributed by atoms with Crippen molar-refractivity contribution in [3.05, 3.63) is 29.8 Å². The number of sulfonamides is 1. The molecule has 0 radical (unpaired) electrons. The first-order valence-corrected chi connectivity index (χ1v) is 11.1. The number of carbonyl (C=O) groups is 1. The molecule has 1 amide bonds. The summed E-state index contributed by atoms with van der Waals surface area (Å²) in [5.74, 6) is 1.17. The highest BCUT2D eigenvalue weighted by Crippen LogP contribution is 2.32. The van der Waals surface area contributed by atoms with Crippen LogP contribution in [0.5, 0.6) is 0 Å². The van der Waals surface area contributed by atoms with Gasteiger partial charge in [0.05, 0.1) is 0 Å². The van der Waals surface area contributed by atoms with Crippen LogP contribution in [0, 0.1) is 5.92 Å². The maximum Gasteiger partial charge on any atom is 0.285 e. The third-order valence-corrected chi connectivity index (χ3v) is 7.17. The molecule has 2 fully saturated rings. The summed E-state index contributed by atoms with van der Waals surface area (Å²) >= 11 is 0. The minimum Gasteiger partial charge on any atom is -0.343 e. The van der Waals surface area contributed by atoms with Crippen molar-refractivity contribution in [2.24, 2.45) is 10.3 Å². The van der Waals surface area contributed by atoms with Gasteiger partial charge in [0.25, 0.3) is 10.0 Å². The van der Waals surface area contributed by atoms with Crippen LogP contribution in [-0.4, -0.2) is 69.2 Å². The number of rotatable bonds is 3. The van der Waals surface area contributed by atoms with Gasteiger partial charge < -0.3 is 15.1 Å². The fourth-order valence-electron chi connectivity index (χ4n) is 4.43. The predicted octanol–water partition coefficient (Wildman–Crippen LogP) is 1.48. The van der Waals surface area contributed by atoms with Gasteiger partial charge in [-0.25, -0.2) is 0 Å². The third kappa shape index (κ3) is 3.77.